The fourth-order valence-electron chi connectivity index (χ4n) is 7.79. The van der Waals surface area contributed by atoms with E-state index in [-0.39, 0.29) is 22.2 Å². The zero-order valence-electron chi connectivity index (χ0n) is 20.7. The van der Waals surface area contributed by atoms with Crippen molar-refractivity contribution in [2.45, 2.75) is 84.5 Å². The summed E-state index contributed by atoms with van der Waals surface area (Å²) in [4.78, 5) is 29.8. The van der Waals surface area contributed by atoms with Crippen LogP contribution in [0.4, 0.5) is 0 Å². The highest BCUT2D eigenvalue weighted by atomic mass is 35.5. The minimum atomic E-state index is -0.900. The molecule has 0 spiro atoms. The van der Waals surface area contributed by atoms with Crippen molar-refractivity contribution in [3.05, 3.63) is 33.6 Å². The van der Waals surface area contributed by atoms with Gasteiger partial charge in [-0.2, -0.15) is 0 Å². The van der Waals surface area contributed by atoms with E-state index in [9.17, 15) is 4.79 Å². The molecule has 6 rings (SSSR count). The third-order valence-electron chi connectivity index (χ3n) is 11.2. The number of benzene rings is 1. The van der Waals surface area contributed by atoms with Gasteiger partial charge in [-0.05, 0) is 61.0 Å². The molecule has 0 amide bonds. The number of hydrogen-bond donors (Lipinski definition) is 0. The minimum absolute atomic E-state index is 0.0189. The second-order valence-corrected chi connectivity index (χ2v) is 13.3. The highest BCUT2D eigenvalue weighted by molar-refractivity contribution is 6.42. The summed E-state index contributed by atoms with van der Waals surface area (Å²) in [5, 5.41) is 5.43. The maximum absolute atomic E-state index is 14.0. The third-order valence-corrected chi connectivity index (χ3v) is 11.9. The molecular formula is C27H31Cl2N3O2. The lowest BCUT2D eigenvalue weighted by Crippen LogP contribution is -2.46. The Labute approximate surface area is 210 Å². The van der Waals surface area contributed by atoms with Gasteiger partial charge in [-0.3, -0.25) is 0 Å². The van der Waals surface area contributed by atoms with Crippen molar-refractivity contribution in [1.29, 1.82) is 0 Å². The number of halogens is 2. The van der Waals surface area contributed by atoms with Gasteiger partial charge in [0.1, 0.15) is 5.41 Å². The average Bonchev–Trinajstić information content (AvgIpc) is 3.26. The summed E-state index contributed by atoms with van der Waals surface area (Å²) in [5.74, 6) is 0.283. The Morgan fingerprint density at radius 3 is 2.12 bits per heavy atom. The molecule has 5 nitrogen and oxygen atoms in total. The van der Waals surface area contributed by atoms with E-state index in [1.54, 1.807) is 12.1 Å². The molecule has 34 heavy (non-hydrogen) atoms. The van der Waals surface area contributed by atoms with Crippen molar-refractivity contribution < 1.29 is 9.63 Å². The number of oxime groups is 1. The van der Waals surface area contributed by atoms with Gasteiger partial charge in [-0.25, -0.2) is 14.8 Å². The molecule has 1 aromatic heterocycles. The molecule has 180 valence electrons. The lowest BCUT2D eigenvalue weighted by atomic mass is 9.64. The molecule has 3 saturated carbocycles. The van der Waals surface area contributed by atoms with Gasteiger partial charge in [0.15, 0.2) is 0 Å². The molecule has 0 N–H and O–H groups in total. The molecule has 1 heterocycles. The van der Waals surface area contributed by atoms with Gasteiger partial charge in [0.2, 0.25) is 0 Å². The first-order valence-corrected chi connectivity index (χ1v) is 13.0. The van der Waals surface area contributed by atoms with Crippen molar-refractivity contribution in [2.75, 3.05) is 0 Å². The molecule has 7 heteroatoms. The quantitative estimate of drug-likeness (QED) is 0.329. The van der Waals surface area contributed by atoms with Gasteiger partial charge in [0.05, 0.1) is 38.2 Å². The van der Waals surface area contributed by atoms with Gasteiger partial charge in [-0.15, -0.1) is 0 Å². The summed E-state index contributed by atoms with van der Waals surface area (Å²) in [5.41, 5.74) is 2.46. The van der Waals surface area contributed by atoms with E-state index in [0.29, 0.717) is 39.1 Å². The fourth-order valence-corrected chi connectivity index (χ4v) is 8.11. The molecule has 4 unspecified atom stereocenters. The summed E-state index contributed by atoms with van der Waals surface area (Å²) in [6.07, 6.45) is 4.73. The molecule has 1 aromatic carbocycles. The molecule has 0 aliphatic heterocycles. The molecule has 0 saturated heterocycles. The number of rotatable bonds is 2. The second kappa shape index (κ2) is 6.53. The summed E-state index contributed by atoms with van der Waals surface area (Å²) in [6.45, 7) is 13.4. The SMILES string of the molecule is CC12CCC(C/C1=N\OC(=O)C13CCC(C)(c4nc5cc(Cl)c(Cl)cc5nc41)C3(C)C)C2(C)C. The normalized spacial score (nSPS) is 37.5. The zero-order chi connectivity index (χ0) is 24.5. The maximum Gasteiger partial charge on any atom is 0.347 e. The number of carbonyl (C=O) groups is 1. The van der Waals surface area contributed by atoms with E-state index in [0.717, 1.165) is 30.7 Å². The number of aromatic nitrogens is 2. The number of fused-ring (bicyclic) bond motifs is 8. The Morgan fingerprint density at radius 2 is 1.56 bits per heavy atom. The van der Waals surface area contributed by atoms with E-state index < -0.39 is 10.8 Å². The number of carbonyl (C=O) groups excluding carboxylic acids is 1. The Balaban J connectivity index is 1.45. The van der Waals surface area contributed by atoms with Crippen molar-refractivity contribution >= 4 is 45.9 Å². The Morgan fingerprint density at radius 1 is 0.941 bits per heavy atom. The number of nitrogens with zero attached hydrogens (tertiary/aromatic N) is 3. The smallest absolute Gasteiger partial charge is 0.317 e. The van der Waals surface area contributed by atoms with E-state index in [4.69, 9.17) is 38.0 Å². The van der Waals surface area contributed by atoms with E-state index in [2.05, 4.69) is 46.7 Å². The van der Waals surface area contributed by atoms with Crippen LogP contribution in [0, 0.1) is 22.2 Å². The molecular weight excluding hydrogens is 469 g/mol. The highest BCUT2D eigenvalue weighted by Crippen LogP contribution is 2.70. The van der Waals surface area contributed by atoms with Crippen LogP contribution in [0.2, 0.25) is 10.0 Å². The first-order chi connectivity index (χ1) is 15.8. The van der Waals surface area contributed by atoms with Crippen molar-refractivity contribution in [2.24, 2.45) is 27.3 Å². The Kier molecular flexibility index (Phi) is 4.36. The summed E-state index contributed by atoms with van der Waals surface area (Å²) >= 11 is 12.5. The third kappa shape index (κ3) is 2.34. The van der Waals surface area contributed by atoms with Crippen LogP contribution in [0.5, 0.6) is 0 Å². The van der Waals surface area contributed by atoms with E-state index in [1.165, 1.54) is 6.42 Å². The highest BCUT2D eigenvalue weighted by Gasteiger charge is 2.74. The van der Waals surface area contributed by atoms with Crippen LogP contribution < -0.4 is 0 Å². The van der Waals surface area contributed by atoms with Crippen LogP contribution in [0.25, 0.3) is 11.0 Å². The Bertz CT molecular complexity index is 1320. The topological polar surface area (TPSA) is 64.4 Å². The van der Waals surface area contributed by atoms with Gasteiger partial charge < -0.3 is 4.84 Å². The largest absolute Gasteiger partial charge is 0.347 e. The van der Waals surface area contributed by atoms with Crippen LogP contribution in [0.1, 0.15) is 85.0 Å². The standard InChI is InChI=1S/C27H31Cl2N3O2/c1-23(2)14-7-8-25(23,5)19(11-14)32-34-22(33)27-10-9-26(6,24(27,3)4)20-21(27)31-18-13-16(29)15(28)12-17(18)30-20/h12-14H,7-11H2,1-6H3/b32-19+. The lowest BCUT2D eigenvalue weighted by Gasteiger charge is -2.38. The zero-order valence-corrected chi connectivity index (χ0v) is 22.2. The van der Waals surface area contributed by atoms with Crippen LogP contribution in [-0.4, -0.2) is 21.6 Å². The van der Waals surface area contributed by atoms with Crippen LogP contribution in [0.3, 0.4) is 0 Å². The average molecular weight is 500 g/mol. The first kappa shape index (κ1) is 22.7. The molecule has 4 aliphatic rings. The molecule has 0 radical (unpaired) electrons. The summed E-state index contributed by atoms with van der Waals surface area (Å²) in [7, 11) is 0. The van der Waals surface area contributed by atoms with E-state index >= 15 is 0 Å². The minimum Gasteiger partial charge on any atom is -0.317 e. The van der Waals surface area contributed by atoms with Crippen molar-refractivity contribution in [3.8, 4) is 0 Å². The van der Waals surface area contributed by atoms with Crippen LogP contribution >= 0.6 is 23.2 Å². The molecule has 2 aromatic rings. The van der Waals surface area contributed by atoms with Crippen LogP contribution in [0.15, 0.2) is 17.3 Å². The monoisotopic (exact) mass is 499 g/mol. The van der Waals surface area contributed by atoms with Crippen molar-refractivity contribution in [3.63, 3.8) is 0 Å². The fraction of sp³-hybridized carbons (Fsp3) is 0.630. The number of hydrogen-bond acceptors (Lipinski definition) is 5. The Hall–Kier alpha value is -1.72. The van der Waals surface area contributed by atoms with Gasteiger partial charge in [0, 0.05) is 10.8 Å². The van der Waals surface area contributed by atoms with Gasteiger partial charge in [0.25, 0.3) is 0 Å². The lowest BCUT2D eigenvalue weighted by molar-refractivity contribution is -0.155. The predicted octanol–water partition coefficient (Wildman–Crippen LogP) is 7.01. The van der Waals surface area contributed by atoms with Crippen molar-refractivity contribution in [1.82, 2.24) is 9.97 Å². The summed E-state index contributed by atoms with van der Waals surface area (Å²) in [6, 6.07) is 3.48. The van der Waals surface area contributed by atoms with Gasteiger partial charge in [-0.1, -0.05) is 69.9 Å². The summed E-state index contributed by atoms with van der Waals surface area (Å²) < 4.78 is 0. The second-order valence-electron chi connectivity index (χ2n) is 12.4. The first-order valence-electron chi connectivity index (χ1n) is 12.3. The van der Waals surface area contributed by atoms with E-state index in [1.807, 2.05) is 0 Å². The van der Waals surface area contributed by atoms with Crippen LogP contribution in [-0.2, 0) is 20.5 Å². The molecule has 4 bridgehead atoms. The molecule has 3 fully saturated rings. The molecule has 4 aliphatic carbocycles. The maximum atomic E-state index is 14.0. The van der Waals surface area contributed by atoms with Gasteiger partial charge >= 0.3 is 5.97 Å². The molecule has 4 atom stereocenters. The predicted molar refractivity (Wildman–Crippen MR) is 134 cm³/mol.